The maximum absolute atomic E-state index is 11.4. The monoisotopic (exact) mass is 513 g/mol. The van der Waals surface area contributed by atoms with Crippen LogP contribution < -0.4 is 10.0 Å². The third-order valence-electron chi connectivity index (χ3n) is 6.20. The molecule has 1 atom stereocenters. The zero-order chi connectivity index (χ0) is 26.4. The van der Waals surface area contributed by atoms with Gasteiger partial charge in [-0.25, -0.2) is 13.6 Å². The Bertz CT molecular complexity index is 1050. The minimum Gasteiger partial charge on any atom is -0.373 e. The molecule has 2 aliphatic rings. The second-order valence-corrected chi connectivity index (χ2v) is 10.1. The maximum atomic E-state index is 11.4. The Balaban J connectivity index is 0.000000502. The fourth-order valence-electron chi connectivity index (χ4n) is 4.31. The Morgan fingerprint density at radius 2 is 1.56 bits per heavy atom. The van der Waals surface area contributed by atoms with E-state index in [2.05, 4.69) is 34.1 Å². The van der Waals surface area contributed by atoms with Crippen LogP contribution in [0.3, 0.4) is 0 Å². The molecule has 0 spiro atoms. The van der Waals surface area contributed by atoms with E-state index in [0.717, 1.165) is 57.9 Å². The van der Waals surface area contributed by atoms with Crippen molar-refractivity contribution in [2.24, 2.45) is 5.14 Å². The normalized spacial score (nSPS) is 18.2. The van der Waals surface area contributed by atoms with Gasteiger partial charge in [-0.05, 0) is 62.1 Å². The molecule has 2 aromatic rings. The summed E-state index contributed by atoms with van der Waals surface area (Å²) < 4.78 is 28.8. The van der Waals surface area contributed by atoms with Crippen molar-refractivity contribution in [3.05, 3.63) is 84.0 Å². The van der Waals surface area contributed by atoms with Crippen molar-refractivity contribution in [3.8, 4) is 0 Å². The summed E-state index contributed by atoms with van der Waals surface area (Å²) in [5.74, 6) is 0. The number of rotatable bonds is 6. The van der Waals surface area contributed by atoms with Crippen LogP contribution in [0.25, 0.3) is 0 Å². The van der Waals surface area contributed by atoms with Gasteiger partial charge in [-0.3, -0.25) is 4.90 Å². The molecule has 0 saturated carbocycles. The third kappa shape index (κ3) is 9.21. The first-order chi connectivity index (χ1) is 17.4. The minimum absolute atomic E-state index is 0.155. The van der Waals surface area contributed by atoms with Crippen LogP contribution in [-0.4, -0.2) is 52.6 Å². The first-order valence-corrected chi connectivity index (χ1v) is 14.5. The summed E-state index contributed by atoms with van der Waals surface area (Å²) in [6.45, 7) is 13.7. The predicted octanol–water partition coefficient (Wildman–Crippen LogP) is 5.32. The van der Waals surface area contributed by atoms with E-state index in [1.165, 1.54) is 11.1 Å². The van der Waals surface area contributed by atoms with Gasteiger partial charge in [0.2, 0.25) is 10.0 Å². The average molecular weight is 514 g/mol. The van der Waals surface area contributed by atoms with Crippen LogP contribution in [0.1, 0.15) is 51.3 Å². The first kappa shape index (κ1) is 29.8. The Morgan fingerprint density at radius 3 is 2.14 bits per heavy atom. The van der Waals surface area contributed by atoms with E-state index in [1.807, 2.05) is 64.1 Å². The van der Waals surface area contributed by atoms with Gasteiger partial charge in [0.25, 0.3) is 0 Å². The predicted molar refractivity (Wildman–Crippen MR) is 151 cm³/mol. The van der Waals surface area contributed by atoms with Crippen molar-refractivity contribution < 1.29 is 13.2 Å². The Morgan fingerprint density at radius 1 is 0.944 bits per heavy atom. The molecule has 2 N–H and O–H groups in total. The van der Waals surface area contributed by atoms with E-state index in [-0.39, 0.29) is 11.0 Å². The van der Waals surface area contributed by atoms with Crippen LogP contribution in [0, 0.1) is 0 Å². The van der Waals surface area contributed by atoms with Crippen LogP contribution in [0.5, 0.6) is 0 Å². The molecule has 1 unspecified atom stereocenters. The van der Waals surface area contributed by atoms with E-state index in [0.29, 0.717) is 0 Å². The molecule has 4 rings (SSSR count). The molecule has 198 valence electrons. The number of allylic oxidation sites excluding steroid dienone is 4. The SMILES string of the molecule is C/C=C\C=C/C.CC.NS(=O)(=O)c1ccc(N2CCN(CCC3OCCc4ccccc43)CC2)cc1. The third-order valence-corrected chi connectivity index (χ3v) is 7.13. The van der Waals surface area contributed by atoms with Crippen molar-refractivity contribution in [2.45, 2.75) is 51.5 Å². The molecular weight excluding hydrogens is 470 g/mol. The van der Waals surface area contributed by atoms with Gasteiger partial charge in [-0.2, -0.15) is 0 Å². The van der Waals surface area contributed by atoms with Gasteiger partial charge in [0.05, 0.1) is 17.6 Å². The van der Waals surface area contributed by atoms with Gasteiger partial charge in [0.15, 0.2) is 0 Å². The molecule has 1 saturated heterocycles. The van der Waals surface area contributed by atoms with E-state index in [1.54, 1.807) is 12.1 Å². The Kier molecular flexibility index (Phi) is 12.9. The molecule has 1 fully saturated rings. The molecule has 0 aliphatic carbocycles. The molecule has 2 aliphatic heterocycles. The Labute approximate surface area is 218 Å². The van der Waals surface area contributed by atoms with Crippen LogP contribution in [0.2, 0.25) is 0 Å². The van der Waals surface area contributed by atoms with Gasteiger partial charge in [0.1, 0.15) is 0 Å². The van der Waals surface area contributed by atoms with E-state index >= 15 is 0 Å². The van der Waals surface area contributed by atoms with Gasteiger partial charge in [-0.15, -0.1) is 0 Å². The van der Waals surface area contributed by atoms with Crippen LogP contribution in [-0.2, 0) is 21.2 Å². The minimum atomic E-state index is -3.64. The summed E-state index contributed by atoms with van der Waals surface area (Å²) in [6.07, 6.45) is 10.2. The maximum Gasteiger partial charge on any atom is 0.238 e. The highest BCUT2D eigenvalue weighted by atomic mass is 32.2. The van der Waals surface area contributed by atoms with Crippen molar-refractivity contribution >= 4 is 15.7 Å². The number of nitrogens with zero attached hydrogens (tertiary/aromatic N) is 2. The standard InChI is InChI=1S/C21H27N3O3S.C6H10.C2H6/c22-28(25,26)19-7-5-18(6-8-19)24-14-12-23(13-15-24)11-9-21-20-4-2-1-3-17(20)10-16-27-21;1-3-5-6-4-2;1-2/h1-8,21H,9-16H2,(H2,22,25,26);3-6H,1-2H3;1-2H3/b;5-3-,6-4-;. The average Bonchev–Trinajstić information content (AvgIpc) is 2.92. The number of sulfonamides is 1. The first-order valence-electron chi connectivity index (χ1n) is 13.0. The fraction of sp³-hybridized carbons (Fsp3) is 0.448. The molecule has 6 nitrogen and oxygen atoms in total. The van der Waals surface area contributed by atoms with Crippen LogP contribution >= 0.6 is 0 Å². The number of anilines is 1. The molecule has 0 radical (unpaired) electrons. The molecule has 0 amide bonds. The topological polar surface area (TPSA) is 75.9 Å². The number of hydrogen-bond donors (Lipinski definition) is 1. The summed E-state index contributed by atoms with van der Waals surface area (Å²) in [7, 11) is -3.64. The van der Waals surface area contributed by atoms with Crippen molar-refractivity contribution in [1.82, 2.24) is 4.90 Å². The molecule has 0 aromatic heterocycles. The van der Waals surface area contributed by atoms with Crippen LogP contribution in [0.15, 0.2) is 77.7 Å². The number of piperazine rings is 1. The lowest BCUT2D eigenvalue weighted by atomic mass is 9.95. The molecule has 36 heavy (non-hydrogen) atoms. The zero-order valence-electron chi connectivity index (χ0n) is 22.3. The van der Waals surface area contributed by atoms with Gasteiger partial charge >= 0.3 is 0 Å². The van der Waals surface area contributed by atoms with Gasteiger partial charge in [-0.1, -0.05) is 62.4 Å². The second kappa shape index (κ2) is 15.6. The summed E-state index contributed by atoms with van der Waals surface area (Å²) in [5, 5.41) is 5.17. The summed E-state index contributed by atoms with van der Waals surface area (Å²) in [6, 6.07) is 15.4. The second-order valence-electron chi connectivity index (χ2n) is 8.52. The molecule has 2 aromatic carbocycles. The fourth-order valence-corrected chi connectivity index (χ4v) is 4.83. The van der Waals surface area contributed by atoms with E-state index in [4.69, 9.17) is 9.88 Å². The van der Waals surface area contributed by atoms with Gasteiger partial charge in [0, 0.05) is 38.4 Å². The lowest BCUT2D eigenvalue weighted by Gasteiger charge is -2.37. The molecule has 2 heterocycles. The largest absolute Gasteiger partial charge is 0.373 e. The number of primary sulfonamides is 1. The van der Waals surface area contributed by atoms with E-state index in [9.17, 15) is 8.42 Å². The quantitative estimate of drug-likeness (QED) is 0.529. The zero-order valence-corrected chi connectivity index (χ0v) is 23.1. The summed E-state index contributed by atoms with van der Waals surface area (Å²) in [4.78, 5) is 4.92. The van der Waals surface area contributed by atoms with Crippen molar-refractivity contribution in [2.75, 3.05) is 44.2 Å². The van der Waals surface area contributed by atoms with E-state index < -0.39 is 10.0 Å². The lowest BCUT2D eigenvalue weighted by Crippen LogP contribution is -2.47. The highest BCUT2D eigenvalue weighted by Crippen LogP contribution is 2.30. The van der Waals surface area contributed by atoms with Crippen molar-refractivity contribution in [3.63, 3.8) is 0 Å². The number of benzene rings is 2. The number of nitrogens with two attached hydrogens (primary N) is 1. The number of fused-ring (bicyclic) bond motifs is 1. The van der Waals surface area contributed by atoms with Crippen LogP contribution in [0.4, 0.5) is 5.69 Å². The molecule has 7 heteroatoms. The number of hydrogen-bond acceptors (Lipinski definition) is 5. The number of ether oxygens (including phenoxy) is 1. The lowest BCUT2D eigenvalue weighted by molar-refractivity contribution is 0.0289. The highest BCUT2D eigenvalue weighted by molar-refractivity contribution is 7.89. The molecular formula is C29H43N3O3S. The van der Waals surface area contributed by atoms with Gasteiger partial charge < -0.3 is 9.64 Å². The Hall–Kier alpha value is -2.45. The summed E-state index contributed by atoms with van der Waals surface area (Å²) in [5.41, 5.74) is 3.81. The van der Waals surface area contributed by atoms with Crippen molar-refractivity contribution in [1.29, 1.82) is 0 Å². The highest BCUT2D eigenvalue weighted by Gasteiger charge is 2.23. The smallest absolute Gasteiger partial charge is 0.238 e. The summed E-state index contributed by atoms with van der Waals surface area (Å²) >= 11 is 0. The molecule has 0 bridgehead atoms.